The number of ether oxygens (including phenoxy) is 2. The largest absolute Gasteiger partial charge is 0.457 e. The number of amides is 2. The van der Waals surface area contributed by atoms with Crippen molar-refractivity contribution in [3.8, 4) is 57.4 Å². The van der Waals surface area contributed by atoms with Gasteiger partial charge in [-0.05, 0) is 98.7 Å². The molecule has 0 unspecified atom stereocenters. The van der Waals surface area contributed by atoms with Crippen molar-refractivity contribution < 1.29 is 27.8 Å². The van der Waals surface area contributed by atoms with Gasteiger partial charge in [0.2, 0.25) is 5.91 Å². The molecule has 0 bridgehead atoms. The lowest BCUT2D eigenvalue weighted by atomic mass is 9.87. The Bertz CT molecular complexity index is 3310. The van der Waals surface area contributed by atoms with Gasteiger partial charge in [-0.2, -0.15) is 10.2 Å². The molecule has 0 spiro atoms. The number of nitrogens with one attached hydrogen (secondary N) is 2. The minimum Gasteiger partial charge on any atom is -0.457 e. The number of para-hydroxylation sites is 1. The van der Waals surface area contributed by atoms with Crippen LogP contribution in [0.3, 0.4) is 0 Å². The Kier molecular flexibility index (Phi) is 11.2. The van der Waals surface area contributed by atoms with E-state index in [1.165, 1.54) is 30.9 Å². The Morgan fingerprint density at radius 1 is 0.672 bits per heavy atom. The number of nitrogens with two attached hydrogens (primary N) is 2. The number of aromatic nitrogens is 8. The van der Waals surface area contributed by atoms with Gasteiger partial charge in [0.25, 0.3) is 5.91 Å². The average Bonchev–Trinajstić information content (AvgIpc) is 3.86. The Balaban J connectivity index is 0.772. The number of hydrogen-bond donors (Lipinski definition) is 4. The number of anilines is 2. The molecule has 8 aromatic rings. The minimum atomic E-state index is -0.595. The van der Waals surface area contributed by atoms with Crippen LogP contribution in [0.4, 0.5) is 20.4 Å². The van der Waals surface area contributed by atoms with Crippen LogP contribution in [0, 0.1) is 23.5 Å². The quantitative estimate of drug-likeness (QED) is 0.0686. The Morgan fingerprint density at radius 3 is 1.75 bits per heavy atom. The molecule has 0 aliphatic heterocycles. The molecule has 2 fully saturated rings. The second-order valence-corrected chi connectivity index (χ2v) is 16.2. The van der Waals surface area contributed by atoms with Gasteiger partial charge in [-0.3, -0.25) is 9.59 Å². The van der Waals surface area contributed by atoms with Crippen molar-refractivity contribution in [3.63, 3.8) is 0 Å². The summed E-state index contributed by atoms with van der Waals surface area (Å²) in [5.74, 6) is 5.21. The van der Waals surface area contributed by atoms with E-state index in [1.807, 2.05) is 24.3 Å². The van der Waals surface area contributed by atoms with Gasteiger partial charge in [-0.15, -0.1) is 0 Å². The monoisotopic (exact) mass is 898 g/mol. The molecule has 10 rings (SSSR count). The molecule has 0 radical (unpaired) electrons. The Labute approximate surface area is 381 Å². The lowest BCUT2D eigenvalue weighted by Crippen LogP contribution is -2.44. The van der Waals surface area contributed by atoms with Crippen molar-refractivity contribution in [1.82, 2.24) is 50.1 Å². The standard InChI is InChI=1S/C49H40F2N12O4/c1-2-7-40(64)58-28-19-30(20-28)62-48-43(47(53)55-25-56-48)45(61-62)37-16-14-35(24-39(37)51)67-33-11-6-8-27(18-33)12-17-41(65)59-29-21-31(22-29)63-49-42(46(52)54-26-57-49)44(60-63)36-15-13-34(23-38(36)50)66-32-9-4-3-5-10-32/h3-6,8-18,23-26,28-31H,19-22H2,1H3,(H,58,64)(H,59,65)(H2,52,54,57)(H2,53,55,56)/b17-12+. The second-order valence-electron chi connectivity index (χ2n) is 16.2. The van der Waals surface area contributed by atoms with E-state index in [0.717, 1.165) is 0 Å². The highest BCUT2D eigenvalue weighted by atomic mass is 19.1. The summed E-state index contributed by atoms with van der Waals surface area (Å²) in [5.41, 5.74) is 15.2. The number of carbonyl (C=O) groups is 2. The predicted octanol–water partition coefficient (Wildman–Crippen LogP) is 7.70. The maximum Gasteiger partial charge on any atom is 0.296 e. The van der Waals surface area contributed by atoms with E-state index >= 15 is 8.78 Å². The van der Waals surface area contributed by atoms with Crippen LogP contribution in [-0.4, -0.2) is 63.4 Å². The van der Waals surface area contributed by atoms with Crippen LogP contribution in [0.15, 0.2) is 110 Å². The fourth-order valence-corrected chi connectivity index (χ4v) is 8.39. The normalized spacial score (nSPS) is 17.6. The third-order valence-corrected chi connectivity index (χ3v) is 11.8. The first-order valence-corrected chi connectivity index (χ1v) is 21.4. The second kappa shape index (κ2) is 17.7. The molecule has 67 heavy (non-hydrogen) atoms. The molecule has 4 heterocycles. The molecule has 2 aliphatic rings. The van der Waals surface area contributed by atoms with E-state index in [2.05, 4.69) is 42.4 Å². The third-order valence-electron chi connectivity index (χ3n) is 11.8. The van der Waals surface area contributed by atoms with Crippen LogP contribution in [-0.2, 0) is 9.59 Å². The van der Waals surface area contributed by atoms with Crippen molar-refractivity contribution in [2.75, 3.05) is 11.5 Å². The van der Waals surface area contributed by atoms with Gasteiger partial charge >= 0.3 is 0 Å². The topological polar surface area (TPSA) is 216 Å². The van der Waals surface area contributed by atoms with Gasteiger partial charge in [-0.25, -0.2) is 38.1 Å². The first-order chi connectivity index (χ1) is 32.6. The molecule has 16 nitrogen and oxygen atoms in total. The number of nitrogen functional groups attached to an aromatic ring is 2. The lowest BCUT2D eigenvalue weighted by molar-refractivity contribution is -0.118. The number of carbonyl (C=O) groups excluding carboxylic acids is 2. The first-order valence-electron chi connectivity index (χ1n) is 21.4. The molecule has 2 saturated carbocycles. The zero-order chi connectivity index (χ0) is 46.2. The summed E-state index contributed by atoms with van der Waals surface area (Å²) < 4.78 is 46.8. The summed E-state index contributed by atoms with van der Waals surface area (Å²) in [6, 6.07) is 24.7. The van der Waals surface area contributed by atoms with Crippen LogP contribution in [0.25, 0.3) is 50.7 Å². The van der Waals surface area contributed by atoms with Gasteiger partial charge in [0.15, 0.2) is 11.3 Å². The molecule has 0 saturated heterocycles. The van der Waals surface area contributed by atoms with E-state index in [1.54, 1.807) is 77.0 Å². The molecule has 2 amide bonds. The summed E-state index contributed by atoms with van der Waals surface area (Å²) >= 11 is 0. The first kappa shape index (κ1) is 42.2. The van der Waals surface area contributed by atoms with E-state index in [0.29, 0.717) is 76.3 Å². The summed E-state index contributed by atoms with van der Waals surface area (Å²) in [6.07, 6.45) is 8.08. The van der Waals surface area contributed by atoms with Gasteiger partial charge in [0.1, 0.15) is 70.3 Å². The number of rotatable bonds is 12. The SMILES string of the molecule is CC#CC(=O)NC1CC(n2nc(-c3ccc(Oc4cccc(/C=C/C(=O)NC5CC(n6nc(-c7ccc(Oc8ccccc8)cc7F)c7c(N)ncnc76)C5)c4)cc3F)c3c(N)ncnc32)C1. The van der Waals surface area contributed by atoms with E-state index < -0.39 is 11.6 Å². The summed E-state index contributed by atoms with van der Waals surface area (Å²) in [5, 5.41) is 16.3. The maximum atomic E-state index is 15.9. The number of benzene rings is 4. The van der Waals surface area contributed by atoms with Gasteiger partial charge in [0, 0.05) is 41.4 Å². The van der Waals surface area contributed by atoms with Crippen molar-refractivity contribution >= 4 is 51.6 Å². The fraction of sp³-hybridized carbons (Fsp3) is 0.184. The zero-order valence-electron chi connectivity index (χ0n) is 35.7. The van der Waals surface area contributed by atoms with Crippen LogP contribution in [0.5, 0.6) is 23.0 Å². The van der Waals surface area contributed by atoms with E-state index in [-0.39, 0.29) is 70.2 Å². The van der Waals surface area contributed by atoms with Crippen LogP contribution >= 0.6 is 0 Å². The summed E-state index contributed by atoms with van der Waals surface area (Å²) in [6.45, 7) is 1.60. The molecule has 4 aromatic carbocycles. The molecule has 0 atom stereocenters. The maximum absolute atomic E-state index is 15.9. The van der Waals surface area contributed by atoms with Gasteiger partial charge in [0.05, 0.1) is 22.9 Å². The van der Waals surface area contributed by atoms with Crippen molar-refractivity contribution in [3.05, 3.63) is 127 Å². The predicted molar refractivity (Wildman–Crippen MR) is 246 cm³/mol. The van der Waals surface area contributed by atoms with Crippen LogP contribution < -0.4 is 31.6 Å². The molecule has 4 aromatic heterocycles. The van der Waals surface area contributed by atoms with Gasteiger partial charge < -0.3 is 31.6 Å². The number of halogens is 2. The molecular weight excluding hydrogens is 859 g/mol. The summed E-state index contributed by atoms with van der Waals surface area (Å²) in [4.78, 5) is 42.1. The highest BCUT2D eigenvalue weighted by Gasteiger charge is 2.36. The Morgan fingerprint density at radius 2 is 1.19 bits per heavy atom. The van der Waals surface area contributed by atoms with Crippen LogP contribution in [0.2, 0.25) is 0 Å². The number of hydrogen-bond acceptors (Lipinski definition) is 12. The van der Waals surface area contributed by atoms with Crippen molar-refractivity contribution in [2.24, 2.45) is 0 Å². The van der Waals surface area contributed by atoms with E-state index in [9.17, 15) is 9.59 Å². The van der Waals surface area contributed by atoms with Gasteiger partial charge in [-0.1, -0.05) is 36.3 Å². The smallest absolute Gasteiger partial charge is 0.296 e. The molecule has 18 heteroatoms. The molecule has 2 aliphatic carbocycles. The summed E-state index contributed by atoms with van der Waals surface area (Å²) in [7, 11) is 0. The van der Waals surface area contributed by atoms with Crippen molar-refractivity contribution in [1.29, 1.82) is 0 Å². The molecular formula is C49H40F2N12O4. The zero-order valence-corrected chi connectivity index (χ0v) is 35.7. The Hall–Kier alpha value is -8.72. The minimum absolute atomic E-state index is 0.0718. The highest BCUT2D eigenvalue weighted by Crippen LogP contribution is 2.41. The highest BCUT2D eigenvalue weighted by molar-refractivity contribution is 5.99. The van der Waals surface area contributed by atoms with E-state index in [4.69, 9.17) is 31.1 Å². The van der Waals surface area contributed by atoms with Crippen LogP contribution in [0.1, 0.15) is 50.3 Å². The van der Waals surface area contributed by atoms with Crippen molar-refractivity contribution in [2.45, 2.75) is 56.8 Å². The molecule has 334 valence electrons. The lowest BCUT2D eigenvalue weighted by Gasteiger charge is -2.35. The molecule has 6 N–H and O–H groups in total. The fourth-order valence-electron chi connectivity index (χ4n) is 8.39. The number of nitrogens with zero attached hydrogens (tertiary/aromatic N) is 8. The average molecular weight is 899 g/mol. The number of fused-ring (bicyclic) bond motifs is 2. The third kappa shape index (κ3) is 8.53.